The number of benzene rings is 9. The molecule has 0 saturated carbocycles. The molecular formula is C59H37N3S2. The van der Waals surface area contributed by atoms with Gasteiger partial charge in [0.25, 0.3) is 0 Å². The molecule has 1 aliphatic carbocycles. The summed E-state index contributed by atoms with van der Waals surface area (Å²) in [5.74, 6) is 0.679. The van der Waals surface area contributed by atoms with Gasteiger partial charge < -0.3 is 0 Å². The van der Waals surface area contributed by atoms with Crippen molar-refractivity contribution >= 4 is 95.7 Å². The van der Waals surface area contributed by atoms with Crippen molar-refractivity contribution in [3.63, 3.8) is 0 Å². The minimum Gasteiger partial charge on any atom is -0.278 e. The van der Waals surface area contributed by atoms with Crippen LogP contribution in [0.5, 0.6) is 0 Å². The van der Waals surface area contributed by atoms with E-state index in [1.807, 2.05) is 11.3 Å². The Morgan fingerprint density at radius 2 is 1.06 bits per heavy atom. The second kappa shape index (κ2) is 13.3. The molecule has 4 heterocycles. The molecule has 4 aromatic heterocycles. The van der Waals surface area contributed by atoms with E-state index in [4.69, 9.17) is 9.97 Å². The highest BCUT2D eigenvalue weighted by molar-refractivity contribution is 7.26. The summed E-state index contributed by atoms with van der Waals surface area (Å²) in [6, 6.07) is 69.2. The highest BCUT2D eigenvalue weighted by atomic mass is 32.1. The highest BCUT2D eigenvalue weighted by Gasteiger charge is 2.37. The average molecular weight is 852 g/mol. The van der Waals surface area contributed by atoms with E-state index in [1.54, 1.807) is 11.3 Å². The minimum atomic E-state index is -0.214. The average Bonchev–Trinajstić information content (AvgIpc) is 4.06. The largest absolute Gasteiger partial charge is 0.278 e. The molecule has 5 heteroatoms. The van der Waals surface area contributed by atoms with Crippen molar-refractivity contribution < 1.29 is 0 Å². The summed E-state index contributed by atoms with van der Waals surface area (Å²) < 4.78 is 6.13. The van der Waals surface area contributed by atoms with Crippen molar-refractivity contribution in [3.05, 3.63) is 199 Å². The zero-order valence-corrected chi connectivity index (χ0v) is 36.7. The first-order chi connectivity index (χ1) is 31.5. The van der Waals surface area contributed by atoms with Crippen LogP contribution in [0.25, 0.3) is 124 Å². The van der Waals surface area contributed by atoms with Crippen LogP contribution in [0, 0.1) is 0 Å². The molecule has 0 bridgehead atoms. The van der Waals surface area contributed by atoms with Gasteiger partial charge in [-0.05, 0) is 110 Å². The Morgan fingerprint density at radius 3 is 1.86 bits per heavy atom. The Labute approximate surface area is 377 Å². The quantitative estimate of drug-likeness (QED) is 0.177. The first-order valence-electron chi connectivity index (χ1n) is 21.9. The van der Waals surface area contributed by atoms with Crippen LogP contribution in [0.4, 0.5) is 0 Å². The van der Waals surface area contributed by atoms with Crippen molar-refractivity contribution in [1.82, 2.24) is 14.5 Å². The molecule has 0 saturated heterocycles. The fourth-order valence-corrected chi connectivity index (χ4v) is 13.0. The normalized spacial score (nSPS) is 13.3. The third-order valence-corrected chi connectivity index (χ3v) is 16.0. The van der Waals surface area contributed by atoms with Crippen molar-refractivity contribution in [2.75, 3.05) is 0 Å². The van der Waals surface area contributed by atoms with E-state index < -0.39 is 0 Å². The Bertz CT molecular complexity index is 4100. The summed E-state index contributed by atoms with van der Waals surface area (Å²) in [6.07, 6.45) is 0. The van der Waals surface area contributed by atoms with E-state index in [0.717, 1.165) is 32.5 Å². The summed E-state index contributed by atoms with van der Waals surface area (Å²) in [5, 5.41) is 9.70. The van der Waals surface area contributed by atoms with E-state index in [1.165, 1.54) is 96.3 Å². The summed E-state index contributed by atoms with van der Waals surface area (Å²) in [6.45, 7) is 4.78. The maximum atomic E-state index is 5.70. The molecule has 64 heavy (non-hydrogen) atoms. The van der Waals surface area contributed by atoms with Crippen LogP contribution in [0.15, 0.2) is 188 Å². The van der Waals surface area contributed by atoms with E-state index in [2.05, 4.69) is 206 Å². The smallest absolute Gasteiger partial charge is 0.236 e. The van der Waals surface area contributed by atoms with E-state index in [9.17, 15) is 0 Å². The lowest BCUT2D eigenvalue weighted by molar-refractivity contribution is 0.666. The molecule has 1 aliphatic rings. The van der Waals surface area contributed by atoms with Crippen LogP contribution >= 0.6 is 22.7 Å². The van der Waals surface area contributed by atoms with E-state index >= 15 is 0 Å². The molecule has 3 nitrogen and oxygen atoms in total. The van der Waals surface area contributed by atoms with Crippen LogP contribution in [0.3, 0.4) is 0 Å². The molecule has 0 atom stereocenters. The number of nitrogens with zero attached hydrogens (tertiary/aromatic N) is 3. The van der Waals surface area contributed by atoms with E-state index in [0.29, 0.717) is 5.95 Å². The Kier molecular flexibility index (Phi) is 7.49. The van der Waals surface area contributed by atoms with Gasteiger partial charge in [0.05, 0.1) is 16.7 Å². The lowest BCUT2D eigenvalue weighted by Gasteiger charge is -2.23. The number of rotatable bonds is 4. The molecule has 300 valence electrons. The van der Waals surface area contributed by atoms with Gasteiger partial charge in [-0.1, -0.05) is 147 Å². The van der Waals surface area contributed by atoms with Crippen LogP contribution < -0.4 is 0 Å². The third-order valence-electron chi connectivity index (χ3n) is 13.8. The molecule has 9 aromatic carbocycles. The summed E-state index contributed by atoms with van der Waals surface area (Å²) in [5.41, 5.74) is 14.2. The lowest BCUT2D eigenvalue weighted by Crippen LogP contribution is -2.15. The van der Waals surface area contributed by atoms with Gasteiger partial charge in [-0.3, -0.25) is 4.57 Å². The SMILES string of the molecule is CC1(C)c2ccc(-c3ccccc3)cc2-c2ccc3cc4c5cc(-c6ccccc6)ccc5n(-c5nc(-c6ccc7sc8ccccc8c7c6)c6c(n5)sc5ccccc56)c4cc3c21. The number of hydrogen-bond acceptors (Lipinski definition) is 4. The number of aromatic nitrogens is 3. The predicted molar refractivity (Wildman–Crippen MR) is 274 cm³/mol. The molecule has 0 fully saturated rings. The first-order valence-corrected chi connectivity index (χ1v) is 23.5. The predicted octanol–water partition coefficient (Wildman–Crippen LogP) is 16.8. The van der Waals surface area contributed by atoms with Gasteiger partial charge in [0, 0.05) is 57.4 Å². The van der Waals surface area contributed by atoms with Gasteiger partial charge in [-0.25, -0.2) is 9.97 Å². The van der Waals surface area contributed by atoms with Gasteiger partial charge in [0.2, 0.25) is 5.95 Å². The Morgan fingerprint density at radius 1 is 0.422 bits per heavy atom. The highest BCUT2D eigenvalue weighted by Crippen LogP contribution is 2.53. The van der Waals surface area contributed by atoms with Crippen molar-refractivity contribution in [2.45, 2.75) is 19.3 Å². The molecule has 0 N–H and O–H groups in total. The second-order valence-electron chi connectivity index (χ2n) is 17.7. The number of fused-ring (bicyclic) bond motifs is 14. The molecule has 0 radical (unpaired) electrons. The molecule has 0 aliphatic heterocycles. The standard InChI is InChI=1S/C59H37N3S2/c1-59(2)48-26-22-36(34-13-5-3-6-14-34)29-44(48)41-25-21-38-31-46-45-30-37(35-15-7-4-8-16-35)23-27-49(45)62(50(46)33-43(38)55(41)59)58-60-56(54-42-18-10-12-20-52(42)64-57(54)61-58)39-24-28-53-47(32-39)40-17-9-11-19-51(40)63-53/h3-33H,1-2H3. The fraction of sp³-hybridized carbons (Fsp3) is 0.0508. The zero-order valence-electron chi connectivity index (χ0n) is 35.1. The maximum Gasteiger partial charge on any atom is 0.236 e. The molecule has 0 unspecified atom stereocenters. The second-order valence-corrected chi connectivity index (χ2v) is 19.8. The monoisotopic (exact) mass is 851 g/mol. The Balaban J connectivity index is 1.07. The van der Waals surface area contributed by atoms with Gasteiger partial charge >= 0.3 is 0 Å². The van der Waals surface area contributed by atoms with Gasteiger partial charge in [0.1, 0.15) is 4.83 Å². The topological polar surface area (TPSA) is 30.7 Å². The van der Waals surface area contributed by atoms with Crippen LogP contribution in [-0.4, -0.2) is 14.5 Å². The van der Waals surface area contributed by atoms with Crippen molar-refractivity contribution in [2.24, 2.45) is 0 Å². The van der Waals surface area contributed by atoms with Crippen LogP contribution in [0.2, 0.25) is 0 Å². The lowest BCUT2D eigenvalue weighted by atomic mass is 9.80. The van der Waals surface area contributed by atoms with Crippen molar-refractivity contribution in [1.29, 1.82) is 0 Å². The fourth-order valence-electron chi connectivity index (χ4n) is 10.8. The summed E-state index contributed by atoms with van der Waals surface area (Å²) in [4.78, 5) is 12.2. The summed E-state index contributed by atoms with van der Waals surface area (Å²) >= 11 is 3.60. The van der Waals surface area contributed by atoms with E-state index in [-0.39, 0.29) is 5.41 Å². The minimum absolute atomic E-state index is 0.214. The maximum absolute atomic E-state index is 5.70. The van der Waals surface area contributed by atoms with Crippen LogP contribution in [-0.2, 0) is 5.41 Å². The molecular weight excluding hydrogens is 815 g/mol. The van der Waals surface area contributed by atoms with Gasteiger partial charge in [0.15, 0.2) is 0 Å². The van der Waals surface area contributed by atoms with Gasteiger partial charge in [-0.2, -0.15) is 0 Å². The number of hydrogen-bond donors (Lipinski definition) is 0. The van der Waals surface area contributed by atoms with Crippen molar-refractivity contribution in [3.8, 4) is 50.6 Å². The molecule has 0 spiro atoms. The van der Waals surface area contributed by atoms with Crippen LogP contribution in [0.1, 0.15) is 25.0 Å². The Hall–Kier alpha value is -7.44. The summed E-state index contributed by atoms with van der Waals surface area (Å²) in [7, 11) is 0. The third kappa shape index (κ3) is 5.14. The molecule has 13 aromatic rings. The molecule has 0 amide bonds. The molecule has 14 rings (SSSR count). The number of thiophene rings is 2. The van der Waals surface area contributed by atoms with Gasteiger partial charge in [-0.15, -0.1) is 22.7 Å². The first kappa shape index (κ1) is 36.1. The zero-order chi connectivity index (χ0) is 42.3.